The second-order valence-electron chi connectivity index (χ2n) is 8.03. The number of carbonyl (C=O) groups excluding carboxylic acids is 4. The van der Waals surface area contributed by atoms with Crippen LogP contribution in [0.25, 0.3) is 0 Å². The third-order valence-electron chi connectivity index (χ3n) is 5.48. The smallest absolute Gasteiger partial charge is 0.227 e. The van der Waals surface area contributed by atoms with Gasteiger partial charge in [0, 0.05) is 0 Å². The molecule has 0 atom stereocenters. The van der Waals surface area contributed by atoms with Crippen molar-refractivity contribution >= 4 is 57.2 Å². The summed E-state index contributed by atoms with van der Waals surface area (Å²) < 4.78 is 0. The molecule has 2 aliphatic rings. The molecule has 8 nitrogen and oxygen atoms in total. The molecule has 0 aliphatic heterocycles. The van der Waals surface area contributed by atoms with Gasteiger partial charge in [-0.3, -0.25) is 29.2 Å². The molecule has 2 aliphatic carbocycles. The van der Waals surface area contributed by atoms with Crippen LogP contribution in [0.5, 0.6) is 0 Å². The first kappa shape index (κ1) is 22.3. The summed E-state index contributed by atoms with van der Waals surface area (Å²) in [7, 11) is 0. The van der Waals surface area contributed by atoms with Crippen LogP contribution in [0.1, 0.15) is 74.3 Å². The van der Waals surface area contributed by atoms with Gasteiger partial charge >= 0.3 is 0 Å². The summed E-state index contributed by atoms with van der Waals surface area (Å²) in [6.45, 7) is 4.00. The second kappa shape index (κ2) is 8.69. The highest BCUT2D eigenvalue weighted by molar-refractivity contribution is 7.14. The minimum atomic E-state index is -0.293. The van der Waals surface area contributed by atoms with E-state index in [2.05, 4.69) is 20.0 Å². The highest BCUT2D eigenvalue weighted by Crippen LogP contribution is 2.27. The van der Waals surface area contributed by atoms with E-state index in [-0.39, 0.29) is 71.9 Å². The molecule has 0 saturated heterocycles. The Labute approximate surface area is 202 Å². The number of carbonyl (C=O) groups is 4. The van der Waals surface area contributed by atoms with Crippen molar-refractivity contribution in [3.63, 3.8) is 0 Å². The standard InChI is InChI=1S/C24H18N4O4S2/c1-11-27-19-21(31)15(7-17(29)23(19)33-11)25-9-13-4-3-5-14(6-13)10-26-16-8-18(30)24-20(22(16)32)28-12(2)34-24/h3-6H,7-10H2,1-2H3. The quantitative estimate of drug-likeness (QED) is 0.545. The fourth-order valence-electron chi connectivity index (χ4n) is 3.89. The number of rotatable bonds is 4. The van der Waals surface area contributed by atoms with Crippen molar-refractivity contribution in [2.45, 2.75) is 39.8 Å². The molecule has 2 aromatic heterocycles. The highest BCUT2D eigenvalue weighted by atomic mass is 32.1. The molecular formula is C24H18N4O4S2. The Morgan fingerprint density at radius 3 is 1.65 bits per heavy atom. The first-order valence-electron chi connectivity index (χ1n) is 10.5. The molecule has 0 N–H and O–H groups in total. The van der Waals surface area contributed by atoms with Crippen LogP contribution >= 0.6 is 22.7 Å². The molecule has 0 unspecified atom stereocenters. The number of Topliss-reactive ketones (excluding diaryl/α,β-unsaturated/α-hetero) is 4. The predicted molar refractivity (Wildman–Crippen MR) is 129 cm³/mol. The molecule has 0 fully saturated rings. The Hall–Kier alpha value is -3.50. The van der Waals surface area contributed by atoms with E-state index < -0.39 is 0 Å². The van der Waals surface area contributed by atoms with Gasteiger partial charge in [0.15, 0.2) is 11.6 Å². The van der Waals surface area contributed by atoms with Crippen molar-refractivity contribution in [2.75, 3.05) is 0 Å². The average molecular weight is 491 g/mol. The molecule has 0 radical (unpaired) electrons. The van der Waals surface area contributed by atoms with Crippen molar-refractivity contribution in [1.29, 1.82) is 0 Å². The van der Waals surface area contributed by atoms with Crippen LogP contribution in [0, 0.1) is 13.8 Å². The number of ketones is 4. The lowest BCUT2D eigenvalue weighted by atomic mass is 9.98. The SMILES string of the molecule is Cc1nc2c(s1)C(=O)CC(=NCc1cccc(CN=C3CC(=O)c4sc(C)nc4C3=O)c1)C2=O. The van der Waals surface area contributed by atoms with Gasteiger partial charge in [0.2, 0.25) is 11.6 Å². The maximum atomic E-state index is 12.7. The van der Waals surface area contributed by atoms with Gasteiger partial charge in [0.1, 0.15) is 21.1 Å². The largest absolute Gasteiger partial charge is 0.293 e. The Kier molecular flexibility index (Phi) is 5.70. The van der Waals surface area contributed by atoms with E-state index in [0.29, 0.717) is 19.8 Å². The molecule has 5 rings (SSSR count). The van der Waals surface area contributed by atoms with Crippen molar-refractivity contribution in [2.24, 2.45) is 9.98 Å². The van der Waals surface area contributed by atoms with Gasteiger partial charge in [-0.05, 0) is 25.0 Å². The van der Waals surface area contributed by atoms with Crippen LogP contribution in [0.2, 0.25) is 0 Å². The topological polar surface area (TPSA) is 119 Å². The van der Waals surface area contributed by atoms with Gasteiger partial charge in [-0.1, -0.05) is 24.3 Å². The monoisotopic (exact) mass is 490 g/mol. The number of fused-ring (bicyclic) bond motifs is 2. The Morgan fingerprint density at radius 2 is 1.21 bits per heavy atom. The summed E-state index contributed by atoms with van der Waals surface area (Å²) in [6.07, 6.45) is -0.0376. The molecule has 0 bridgehead atoms. The third-order valence-corrected chi connectivity index (χ3v) is 7.51. The van der Waals surface area contributed by atoms with Crippen LogP contribution in [0.3, 0.4) is 0 Å². The van der Waals surface area contributed by atoms with Gasteiger partial charge in [-0.25, -0.2) is 9.97 Å². The number of aliphatic imine (C=N–C) groups is 2. The number of hydrogen-bond donors (Lipinski definition) is 0. The number of benzene rings is 1. The number of aryl methyl sites for hydroxylation is 2. The average Bonchev–Trinajstić information content (AvgIpc) is 3.40. The van der Waals surface area contributed by atoms with Crippen LogP contribution in [0.4, 0.5) is 0 Å². The first-order valence-corrected chi connectivity index (χ1v) is 12.2. The van der Waals surface area contributed by atoms with Gasteiger partial charge in [0.25, 0.3) is 0 Å². The lowest BCUT2D eigenvalue weighted by molar-refractivity contribution is 0.0965. The number of thiazole rings is 2. The maximum Gasteiger partial charge on any atom is 0.227 e. The van der Waals surface area contributed by atoms with Crippen LogP contribution in [0.15, 0.2) is 34.3 Å². The Morgan fingerprint density at radius 1 is 0.765 bits per heavy atom. The summed E-state index contributed by atoms with van der Waals surface area (Å²) in [6, 6.07) is 7.47. The van der Waals surface area contributed by atoms with E-state index in [0.717, 1.165) is 11.1 Å². The molecular weight excluding hydrogens is 472 g/mol. The molecule has 34 heavy (non-hydrogen) atoms. The van der Waals surface area contributed by atoms with Crippen LogP contribution in [-0.4, -0.2) is 44.5 Å². The highest BCUT2D eigenvalue weighted by Gasteiger charge is 2.33. The van der Waals surface area contributed by atoms with E-state index in [1.54, 1.807) is 13.8 Å². The fourth-order valence-corrected chi connectivity index (χ4v) is 5.60. The number of hydrogen-bond acceptors (Lipinski definition) is 10. The molecule has 1 aromatic carbocycles. The molecule has 0 spiro atoms. The molecule has 170 valence electrons. The third kappa shape index (κ3) is 4.10. The van der Waals surface area contributed by atoms with E-state index in [9.17, 15) is 19.2 Å². The van der Waals surface area contributed by atoms with E-state index in [1.165, 1.54) is 22.7 Å². The minimum absolute atomic E-state index is 0.0188. The van der Waals surface area contributed by atoms with Crippen molar-refractivity contribution < 1.29 is 19.2 Å². The molecule has 0 saturated carbocycles. The van der Waals surface area contributed by atoms with Crippen molar-refractivity contribution in [1.82, 2.24) is 9.97 Å². The van der Waals surface area contributed by atoms with Gasteiger partial charge in [-0.15, -0.1) is 22.7 Å². The van der Waals surface area contributed by atoms with Gasteiger partial charge in [0.05, 0.1) is 47.4 Å². The van der Waals surface area contributed by atoms with Gasteiger partial charge in [-0.2, -0.15) is 0 Å². The second-order valence-corrected chi connectivity index (χ2v) is 10.4. The summed E-state index contributed by atoms with van der Waals surface area (Å²) in [4.78, 5) is 68.1. The van der Waals surface area contributed by atoms with Crippen LogP contribution in [-0.2, 0) is 13.1 Å². The summed E-state index contributed by atoms with van der Waals surface area (Å²) in [5.41, 5.74) is 2.52. The lowest BCUT2D eigenvalue weighted by Crippen LogP contribution is -2.26. The number of aromatic nitrogens is 2. The van der Waals surface area contributed by atoms with Crippen molar-refractivity contribution in [3.8, 4) is 0 Å². The molecule has 10 heteroatoms. The zero-order valence-electron chi connectivity index (χ0n) is 18.4. The van der Waals surface area contributed by atoms with E-state index >= 15 is 0 Å². The zero-order valence-corrected chi connectivity index (χ0v) is 20.0. The minimum Gasteiger partial charge on any atom is -0.293 e. The normalized spacial score (nSPS) is 18.1. The predicted octanol–water partition coefficient (Wildman–Crippen LogP) is 4.04. The van der Waals surface area contributed by atoms with Crippen molar-refractivity contribution in [3.05, 3.63) is 66.5 Å². The zero-order chi connectivity index (χ0) is 24.0. The first-order chi connectivity index (χ1) is 16.3. The summed E-state index contributed by atoms with van der Waals surface area (Å²) in [5, 5.41) is 1.36. The van der Waals surface area contributed by atoms with E-state index in [1.807, 2.05) is 24.3 Å². The van der Waals surface area contributed by atoms with Gasteiger partial charge < -0.3 is 0 Å². The van der Waals surface area contributed by atoms with E-state index in [4.69, 9.17) is 0 Å². The Bertz CT molecular complexity index is 1360. The van der Waals surface area contributed by atoms with Crippen LogP contribution < -0.4 is 0 Å². The Balaban J connectivity index is 1.31. The maximum absolute atomic E-state index is 12.7. The summed E-state index contributed by atoms with van der Waals surface area (Å²) >= 11 is 2.48. The molecule has 0 amide bonds. The number of nitrogens with zero attached hydrogens (tertiary/aromatic N) is 4. The lowest BCUT2D eigenvalue weighted by Gasteiger charge is -2.11. The molecule has 3 aromatic rings. The summed E-state index contributed by atoms with van der Waals surface area (Å²) in [5.74, 6) is -0.848. The molecule has 2 heterocycles. The fraction of sp³-hybridized carbons (Fsp3) is 0.250.